The van der Waals surface area contributed by atoms with Crippen molar-refractivity contribution in [3.8, 4) is 0 Å². The molecule has 5 heteroatoms. The molecule has 0 fully saturated rings. The summed E-state index contributed by atoms with van der Waals surface area (Å²) in [6.45, 7) is 0.755. The van der Waals surface area contributed by atoms with Crippen LogP contribution in [0, 0.1) is 0 Å². The van der Waals surface area contributed by atoms with Crippen LogP contribution in [0.5, 0.6) is 0 Å². The molecular formula is C20H18ClN3O. The minimum Gasteiger partial charge on any atom is -0.385 e. The Morgan fingerprint density at radius 2 is 1.72 bits per heavy atom. The molecular weight excluding hydrogens is 334 g/mol. The highest BCUT2D eigenvalue weighted by Crippen LogP contribution is 2.13. The number of benzene rings is 2. The third kappa shape index (κ3) is 5.06. The van der Waals surface area contributed by atoms with Crippen LogP contribution in [0.25, 0.3) is 0 Å². The van der Waals surface area contributed by atoms with Crippen LogP contribution in [-0.2, 0) is 6.42 Å². The summed E-state index contributed by atoms with van der Waals surface area (Å²) in [5, 5.41) is 6.88. The van der Waals surface area contributed by atoms with Gasteiger partial charge < -0.3 is 10.6 Å². The van der Waals surface area contributed by atoms with Gasteiger partial charge in [0, 0.05) is 29.1 Å². The number of halogens is 1. The summed E-state index contributed by atoms with van der Waals surface area (Å²) >= 11 is 5.89. The van der Waals surface area contributed by atoms with Crippen LogP contribution in [0.1, 0.15) is 16.1 Å². The van der Waals surface area contributed by atoms with Crippen molar-refractivity contribution in [1.29, 1.82) is 0 Å². The number of rotatable bonds is 6. The molecule has 0 aliphatic carbocycles. The van der Waals surface area contributed by atoms with Gasteiger partial charge in [-0.1, -0.05) is 41.9 Å². The van der Waals surface area contributed by atoms with Gasteiger partial charge in [0.25, 0.3) is 5.91 Å². The van der Waals surface area contributed by atoms with Crippen molar-refractivity contribution in [2.45, 2.75) is 6.42 Å². The molecule has 0 atom stereocenters. The Kier molecular flexibility index (Phi) is 5.65. The van der Waals surface area contributed by atoms with Crippen LogP contribution in [0.4, 0.5) is 11.4 Å². The van der Waals surface area contributed by atoms with E-state index in [1.807, 2.05) is 60.7 Å². The van der Waals surface area contributed by atoms with Crippen molar-refractivity contribution in [1.82, 2.24) is 4.98 Å². The summed E-state index contributed by atoms with van der Waals surface area (Å²) < 4.78 is 0. The number of carbonyl (C=O) groups is 1. The van der Waals surface area contributed by atoms with E-state index in [2.05, 4.69) is 15.6 Å². The Morgan fingerprint density at radius 1 is 0.960 bits per heavy atom. The van der Waals surface area contributed by atoms with E-state index < -0.39 is 0 Å². The molecule has 25 heavy (non-hydrogen) atoms. The van der Waals surface area contributed by atoms with Crippen LogP contribution >= 0.6 is 11.6 Å². The van der Waals surface area contributed by atoms with Gasteiger partial charge in [-0.2, -0.15) is 0 Å². The van der Waals surface area contributed by atoms with E-state index in [1.54, 1.807) is 12.3 Å². The number of para-hydroxylation sites is 1. The van der Waals surface area contributed by atoms with Crippen LogP contribution in [0.3, 0.4) is 0 Å². The average molecular weight is 352 g/mol. The Balaban J connectivity index is 1.57. The standard InChI is InChI=1S/C20H18ClN3O/c21-16-8-6-15(7-9-16)10-12-22-18-11-13-23-19(14-18)20(25)24-17-4-2-1-3-5-17/h1-9,11,13-14H,10,12H2,(H,22,23)(H,24,25). The number of aromatic nitrogens is 1. The second-order valence-corrected chi connectivity index (χ2v) is 5.99. The molecule has 0 aliphatic rings. The number of anilines is 2. The number of hydrogen-bond donors (Lipinski definition) is 2. The zero-order valence-corrected chi connectivity index (χ0v) is 14.3. The second kappa shape index (κ2) is 8.31. The Morgan fingerprint density at radius 3 is 2.48 bits per heavy atom. The molecule has 0 saturated heterocycles. The van der Waals surface area contributed by atoms with E-state index in [1.165, 1.54) is 5.56 Å². The normalized spacial score (nSPS) is 10.3. The van der Waals surface area contributed by atoms with E-state index >= 15 is 0 Å². The highest BCUT2D eigenvalue weighted by molar-refractivity contribution is 6.30. The summed E-state index contributed by atoms with van der Waals surface area (Å²) in [5.41, 5.74) is 3.19. The lowest BCUT2D eigenvalue weighted by atomic mass is 10.1. The molecule has 0 aliphatic heterocycles. The number of carbonyl (C=O) groups excluding carboxylic acids is 1. The van der Waals surface area contributed by atoms with Crippen LogP contribution in [-0.4, -0.2) is 17.4 Å². The predicted octanol–water partition coefficient (Wildman–Crippen LogP) is 4.64. The Labute approximate surface area is 151 Å². The first-order chi connectivity index (χ1) is 12.2. The minimum absolute atomic E-state index is 0.229. The maximum atomic E-state index is 12.3. The monoisotopic (exact) mass is 351 g/mol. The summed E-state index contributed by atoms with van der Waals surface area (Å²) in [7, 11) is 0. The fraction of sp³-hybridized carbons (Fsp3) is 0.100. The van der Waals surface area contributed by atoms with Crippen LogP contribution < -0.4 is 10.6 Å². The summed E-state index contributed by atoms with van der Waals surface area (Å²) in [6, 6.07) is 20.7. The fourth-order valence-electron chi connectivity index (χ4n) is 2.38. The van der Waals surface area contributed by atoms with Crippen molar-refractivity contribution in [2.75, 3.05) is 17.2 Å². The molecule has 0 spiro atoms. The topological polar surface area (TPSA) is 54.0 Å². The molecule has 0 bridgehead atoms. The molecule has 1 amide bonds. The molecule has 0 saturated carbocycles. The first-order valence-corrected chi connectivity index (χ1v) is 8.39. The van der Waals surface area contributed by atoms with Gasteiger partial charge in [0.05, 0.1) is 0 Å². The molecule has 1 heterocycles. The van der Waals surface area contributed by atoms with Gasteiger partial charge in [0.15, 0.2) is 0 Å². The lowest BCUT2D eigenvalue weighted by Crippen LogP contribution is -2.14. The highest BCUT2D eigenvalue weighted by Gasteiger charge is 2.08. The van der Waals surface area contributed by atoms with Crippen molar-refractivity contribution in [3.63, 3.8) is 0 Å². The van der Waals surface area contributed by atoms with Crippen molar-refractivity contribution >= 4 is 28.9 Å². The van der Waals surface area contributed by atoms with Crippen molar-refractivity contribution in [3.05, 3.63) is 89.2 Å². The quantitative estimate of drug-likeness (QED) is 0.680. The summed E-state index contributed by atoms with van der Waals surface area (Å²) in [4.78, 5) is 16.4. The number of nitrogens with zero attached hydrogens (tertiary/aromatic N) is 1. The van der Waals surface area contributed by atoms with Gasteiger partial charge in [-0.05, 0) is 48.4 Å². The van der Waals surface area contributed by atoms with E-state index in [0.717, 1.165) is 29.4 Å². The van der Waals surface area contributed by atoms with Gasteiger partial charge in [-0.25, -0.2) is 0 Å². The SMILES string of the molecule is O=C(Nc1ccccc1)c1cc(NCCc2ccc(Cl)cc2)ccn1. The van der Waals surface area contributed by atoms with Crippen molar-refractivity contribution in [2.24, 2.45) is 0 Å². The van der Waals surface area contributed by atoms with Crippen LogP contribution in [0.2, 0.25) is 5.02 Å². The number of nitrogens with one attached hydrogen (secondary N) is 2. The first-order valence-electron chi connectivity index (χ1n) is 8.01. The molecule has 126 valence electrons. The maximum Gasteiger partial charge on any atom is 0.274 e. The smallest absolute Gasteiger partial charge is 0.274 e. The largest absolute Gasteiger partial charge is 0.385 e. The lowest BCUT2D eigenvalue weighted by molar-refractivity contribution is 0.102. The molecule has 1 aromatic heterocycles. The molecule has 2 aromatic carbocycles. The average Bonchev–Trinajstić information content (AvgIpc) is 2.64. The second-order valence-electron chi connectivity index (χ2n) is 5.55. The fourth-order valence-corrected chi connectivity index (χ4v) is 2.51. The van der Waals surface area contributed by atoms with E-state index in [9.17, 15) is 4.79 Å². The van der Waals surface area contributed by atoms with E-state index in [4.69, 9.17) is 11.6 Å². The zero-order chi connectivity index (χ0) is 17.5. The van der Waals surface area contributed by atoms with Gasteiger partial charge >= 0.3 is 0 Å². The van der Waals surface area contributed by atoms with Crippen LogP contribution in [0.15, 0.2) is 72.9 Å². The van der Waals surface area contributed by atoms with Gasteiger partial charge in [0.2, 0.25) is 0 Å². The summed E-state index contributed by atoms with van der Waals surface area (Å²) in [5.74, 6) is -0.229. The van der Waals surface area contributed by atoms with Gasteiger partial charge in [0.1, 0.15) is 5.69 Å². The number of hydrogen-bond acceptors (Lipinski definition) is 3. The highest BCUT2D eigenvalue weighted by atomic mass is 35.5. The molecule has 3 rings (SSSR count). The maximum absolute atomic E-state index is 12.3. The number of amides is 1. The lowest BCUT2D eigenvalue weighted by Gasteiger charge is -2.09. The molecule has 3 aromatic rings. The predicted molar refractivity (Wildman–Crippen MR) is 102 cm³/mol. The summed E-state index contributed by atoms with van der Waals surface area (Å²) in [6.07, 6.45) is 2.50. The molecule has 4 nitrogen and oxygen atoms in total. The molecule has 2 N–H and O–H groups in total. The van der Waals surface area contributed by atoms with Gasteiger partial charge in [-0.3, -0.25) is 9.78 Å². The van der Waals surface area contributed by atoms with E-state index in [0.29, 0.717) is 5.69 Å². The third-order valence-corrected chi connectivity index (χ3v) is 3.93. The zero-order valence-electron chi connectivity index (χ0n) is 13.6. The molecule has 0 unspecified atom stereocenters. The first kappa shape index (κ1) is 17.0. The van der Waals surface area contributed by atoms with Crippen molar-refractivity contribution < 1.29 is 4.79 Å². The molecule has 0 radical (unpaired) electrons. The number of pyridine rings is 1. The third-order valence-electron chi connectivity index (χ3n) is 3.68. The Hall–Kier alpha value is -2.85. The Bertz CT molecular complexity index is 835. The van der Waals surface area contributed by atoms with Gasteiger partial charge in [-0.15, -0.1) is 0 Å². The van der Waals surface area contributed by atoms with E-state index in [-0.39, 0.29) is 5.91 Å². The minimum atomic E-state index is -0.229.